The van der Waals surface area contributed by atoms with Gasteiger partial charge >= 0.3 is 16.5 Å². The first-order valence-electron chi connectivity index (χ1n) is 21.5. The van der Waals surface area contributed by atoms with Crippen molar-refractivity contribution >= 4 is 60.4 Å². The van der Waals surface area contributed by atoms with Crippen LogP contribution in [0.2, 0.25) is 0 Å². The summed E-state index contributed by atoms with van der Waals surface area (Å²) < 4.78 is 59.4. The fourth-order valence-electron chi connectivity index (χ4n) is 7.94. The predicted octanol–water partition coefficient (Wildman–Crippen LogP) is 15.6. The Labute approximate surface area is 379 Å². The third-order valence-corrected chi connectivity index (χ3v) is 13.5. The van der Waals surface area contributed by atoms with Gasteiger partial charge in [0.05, 0.1) is 27.4 Å². The van der Waals surface area contributed by atoms with Gasteiger partial charge in [0.1, 0.15) is 45.3 Å². The van der Waals surface area contributed by atoms with E-state index in [9.17, 15) is 0 Å². The molecule has 12 heteroatoms. The van der Waals surface area contributed by atoms with E-state index in [1.54, 1.807) is 21.3 Å². The van der Waals surface area contributed by atoms with Crippen LogP contribution in [0.3, 0.4) is 0 Å². The van der Waals surface area contributed by atoms with E-state index in [4.69, 9.17) is 40.0 Å². The maximum Gasteiger partial charge on any atom is 0.453 e. The van der Waals surface area contributed by atoms with E-state index in [2.05, 4.69) is 108 Å². The molecule has 0 fully saturated rings. The van der Waals surface area contributed by atoms with Gasteiger partial charge in [0.25, 0.3) is 0 Å². The topological polar surface area (TPSA) is 130 Å². The van der Waals surface area contributed by atoms with Crippen molar-refractivity contribution in [3.63, 3.8) is 0 Å². The van der Waals surface area contributed by atoms with Crippen LogP contribution >= 0.6 is 16.5 Å². The Balaban J connectivity index is 0.00000680. The minimum atomic E-state index is -2.05. The molecule has 0 saturated heterocycles. The molecule has 2 aromatic heterocycles. The number of benzene rings is 5. The van der Waals surface area contributed by atoms with E-state index in [1.165, 1.54) is 0 Å². The van der Waals surface area contributed by atoms with Crippen LogP contribution in [0.4, 0.5) is 0 Å². The molecule has 7 aromatic rings. The Morgan fingerprint density at radius 2 is 0.812 bits per heavy atom. The summed E-state index contributed by atoms with van der Waals surface area (Å²) in [4.78, 5) is 0. The number of para-hydroxylation sites is 1. The summed E-state index contributed by atoms with van der Waals surface area (Å²) in [7, 11) is 0.962. The van der Waals surface area contributed by atoms with Gasteiger partial charge in [-0.2, -0.15) is 0 Å². The Morgan fingerprint density at radius 1 is 0.469 bits per heavy atom. The number of aryl methyl sites for hydroxylation is 1. The van der Waals surface area contributed by atoms with E-state index in [-0.39, 0.29) is 27.1 Å². The summed E-state index contributed by atoms with van der Waals surface area (Å²) in [6, 6.07) is 24.4. The fourth-order valence-corrected chi connectivity index (χ4v) is 10.3. The molecule has 2 atom stereocenters. The highest BCUT2D eigenvalue weighted by atomic mass is 31.1. The highest BCUT2D eigenvalue weighted by Gasteiger charge is 2.29. The molecule has 0 saturated carbocycles. The number of rotatable bonds is 8. The molecule has 344 valence electrons. The van der Waals surface area contributed by atoms with Crippen molar-refractivity contribution in [2.24, 2.45) is 0 Å². The van der Waals surface area contributed by atoms with Crippen molar-refractivity contribution in [3.05, 3.63) is 106 Å². The Kier molecular flexibility index (Phi) is 13.5. The van der Waals surface area contributed by atoms with Crippen LogP contribution in [0.15, 0.2) is 89.6 Å². The maximum atomic E-state index is 6.98. The zero-order valence-electron chi connectivity index (χ0n) is 40.6. The standard InChI is InChI=1S/C52H64O9P2.H2O/c1-30-22-36-37-24-32(53-15)27-41(50(6,7)8)46(37)61-63(60-45(36)40(23-30)49(3,4)5)57-44-21-19-18-20-35(44)31(2)56-62-58-47-38(25-33(54-16)28-42(47)51(9,10)11)39-26-34(55-17)29-43(48(39)59-62)52(12,13)14;/h18-29,31H,1-17H3;1H2. The average Bonchev–Trinajstić information content (AvgIpc) is 3.44. The molecule has 10 nitrogen and oxygen atoms in total. The number of methoxy groups -OCH3 is 3. The summed E-state index contributed by atoms with van der Waals surface area (Å²) in [5.74, 6) is 2.73. The van der Waals surface area contributed by atoms with E-state index < -0.39 is 22.6 Å². The minimum absolute atomic E-state index is 0. The van der Waals surface area contributed by atoms with E-state index in [0.717, 1.165) is 66.3 Å². The van der Waals surface area contributed by atoms with Gasteiger partial charge in [-0.05, 0) is 89.6 Å². The Morgan fingerprint density at radius 3 is 1.19 bits per heavy atom. The summed E-state index contributed by atoms with van der Waals surface area (Å²) in [6.07, 6.45) is -0.561. The van der Waals surface area contributed by atoms with Crippen LogP contribution in [0.1, 0.15) is 129 Å². The number of hydrogen-bond donors (Lipinski definition) is 0. The van der Waals surface area contributed by atoms with Gasteiger partial charge in [-0.1, -0.05) is 107 Å². The zero-order chi connectivity index (χ0) is 46.0. The third-order valence-electron chi connectivity index (χ3n) is 11.4. The lowest BCUT2D eigenvalue weighted by Gasteiger charge is -2.21. The van der Waals surface area contributed by atoms with Gasteiger partial charge in [-0.15, -0.1) is 0 Å². The molecule has 0 aliphatic carbocycles. The normalized spacial score (nSPS) is 13.2. The molecule has 7 rings (SSSR count). The first-order chi connectivity index (χ1) is 29.4. The summed E-state index contributed by atoms with van der Waals surface area (Å²) >= 11 is 0. The second-order valence-corrected chi connectivity index (χ2v) is 22.6. The number of hydrogen-bond acceptors (Lipinski definition) is 9. The maximum absolute atomic E-state index is 6.98. The molecular formula is C52H66O10P2. The Hall–Kier alpha value is -4.98. The van der Waals surface area contributed by atoms with Crippen LogP contribution in [0, 0.1) is 6.92 Å². The van der Waals surface area contributed by atoms with Crippen LogP contribution in [0.5, 0.6) is 23.0 Å². The zero-order valence-corrected chi connectivity index (χ0v) is 42.4. The first-order valence-corrected chi connectivity index (χ1v) is 23.7. The quantitative estimate of drug-likeness (QED) is 0.146. The molecule has 0 amide bonds. The molecule has 0 bridgehead atoms. The number of ether oxygens (including phenoxy) is 3. The van der Waals surface area contributed by atoms with Crippen LogP contribution < -0.4 is 23.3 Å². The molecule has 64 heavy (non-hydrogen) atoms. The summed E-state index contributed by atoms with van der Waals surface area (Å²) in [5.41, 5.74) is 7.47. The van der Waals surface area contributed by atoms with Gasteiger partial charge in [-0.25, -0.2) is 0 Å². The van der Waals surface area contributed by atoms with Crippen LogP contribution in [0.25, 0.3) is 43.9 Å². The van der Waals surface area contributed by atoms with Crippen LogP contribution in [-0.4, -0.2) is 26.8 Å². The average molecular weight is 913 g/mol. The smallest absolute Gasteiger partial charge is 0.453 e. The highest BCUT2D eigenvalue weighted by Crippen LogP contribution is 2.49. The van der Waals surface area contributed by atoms with E-state index >= 15 is 0 Å². The van der Waals surface area contributed by atoms with Crippen molar-refractivity contribution in [2.75, 3.05) is 21.3 Å². The molecule has 0 aliphatic rings. The molecule has 2 heterocycles. The second-order valence-electron chi connectivity index (χ2n) is 20.5. The minimum Gasteiger partial charge on any atom is -0.497 e. The lowest BCUT2D eigenvalue weighted by Crippen LogP contribution is -2.12. The van der Waals surface area contributed by atoms with Gasteiger partial charge < -0.3 is 41.0 Å². The molecule has 2 N–H and O–H groups in total. The summed E-state index contributed by atoms with van der Waals surface area (Å²) in [5, 5.41) is 3.51. The van der Waals surface area contributed by atoms with Gasteiger partial charge in [-0.3, -0.25) is 4.52 Å². The van der Waals surface area contributed by atoms with E-state index in [1.807, 2.05) is 61.5 Å². The van der Waals surface area contributed by atoms with Crippen molar-refractivity contribution in [3.8, 4) is 23.0 Å². The molecule has 0 radical (unpaired) electrons. The van der Waals surface area contributed by atoms with Gasteiger partial charge in [0, 0.05) is 49.4 Å². The molecular weight excluding hydrogens is 847 g/mol. The molecule has 0 aliphatic heterocycles. The SMILES string of the molecule is COc1cc(C(C)(C)C)c2op(Oc3ccccc3C(C)Op3oc4c(C(C)(C)C)cc(OC)cc4c4cc(OC)cc(C(C)(C)C)c4o3)oc3c(C(C)(C)C)cc(C)cc3c2c1.O. The largest absolute Gasteiger partial charge is 0.497 e. The predicted molar refractivity (Wildman–Crippen MR) is 263 cm³/mol. The molecule has 2 unspecified atom stereocenters. The fraction of sp³-hybridized carbons (Fsp3) is 0.423. The monoisotopic (exact) mass is 912 g/mol. The lowest BCUT2D eigenvalue weighted by atomic mass is 9.83. The van der Waals surface area contributed by atoms with Crippen molar-refractivity contribution in [2.45, 2.75) is 125 Å². The van der Waals surface area contributed by atoms with Gasteiger partial charge in [0.15, 0.2) is 0 Å². The van der Waals surface area contributed by atoms with E-state index in [0.29, 0.717) is 34.0 Å². The van der Waals surface area contributed by atoms with Crippen molar-refractivity contribution < 1.29 is 45.5 Å². The molecule has 5 aromatic carbocycles. The van der Waals surface area contributed by atoms with Crippen molar-refractivity contribution in [1.29, 1.82) is 0 Å². The summed E-state index contributed by atoms with van der Waals surface area (Å²) in [6.45, 7) is 30.2. The highest BCUT2D eigenvalue weighted by molar-refractivity contribution is 7.32. The molecule has 0 spiro atoms. The lowest BCUT2D eigenvalue weighted by molar-refractivity contribution is 0.281. The third kappa shape index (κ3) is 9.67. The van der Waals surface area contributed by atoms with Crippen molar-refractivity contribution in [1.82, 2.24) is 0 Å². The number of fused-ring (bicyclic) bond motifs is 6. The Bertz CT molecular complexity index is 2850. The second kappa shape index (κ2) is 17.8. The van der Waals surface area contributed by atoms with Crippen LogP contribution in [-0.2, 0) is 21.7 Å². The van der Waals surface area contributed by atoms with Gasteiger partial charge in [0.2, 0.25) is 0 Å². The first kappa shape index (κ1) is 48.5.